The van der Waals surface area contributed by atoms with Crippen molar-refractivity contribution in [3.8, 4) is 0 Å². The molecular formula is C17H21Cl2NOS. The molecule has 22 heavy (non-hydrogen) atoms. The fourth-order valence-electron chi connectivity index (χ4n) is 3.46. The summed E-state index contributed by atoms with van der Waals surface area (Å²) in [6, 6.07) is 5.56. The first-order valence-electron chi connectivity index (χ1n) is 8.01. The van der Waals surface area contributed by atoms with Gasteiger partial charge in [-0.1, -0.05) is 55.0 Å². The van der Waals surface area contributed by atoms with Crippen molar-refractivity contribution in [2.75, 3.05) is 12.3 Å². The van der Waals surface area contributed by atoms with Crippen LogP contribution in [0.1, 0.15) is 49.5 Å². The van der Waals surface area contributed by atoms with E-state index in [1.807, 2.05) is 17.0 Å². The van der Waals surface area contributed by atoms with E-state index in [0.29, 0.717) is 16.5 Å². The number of carbonyl (C=O) groups excluding carboxylic acids is 1. The number of hydrogen-bond donors (Lipinski definition) is 0. The summed E-state index contributed by atoms with van der Waals surface area (Å²) in [5.74, 6) is 2.00. The molecule has 1 saturated carbocycles. The van der Waals surface area contributed by atoms with Crippen LogP contribution in [0.15, 0.2) is 18.2 Å². The second kappa shape index (κ2) is 7.46. The quantitative estimate of drug-likeness (QED) is 0.705. The predicted octanol–water partition coefficient (Wildman–Crippen LogP) is 5.54. The smallest absolute Gasteiger partial charge is 0.223 e. The summed E-state index contributed by atoms with van der Waals surface area (Å²) in [6.07, 6.45) is 6.99. The molecule has 2 nitrogen and oxygen atoms in total. The Kier molecular flexibility index (Phi) is 5.59. The first-order chi connectivity index (χ1) is 10.6. The monoisotopic (exact) mass is 357 g/mol. The van der Waals surface area contributed by atoms with Gasteiger partial charge in [0.2, 0.25) is 5.91 Å². The minimum absolute atomic E-state index is 0.0424. The van der Waals surface area contributed by atoms with Gasteiger partial charge in [-0.3, -0.25) is 4.79 Å². The van der Waals surface area contributed by atoms with Gasteiger partial charge in [0.15, 0.2) is 0 Å². The van der Waals surface area contributed by atoms with E-state index in [1.165, 1.54) is 25.7 Å². The van der Waals surface area contributed by atoms with Crippen LogP contribution in [0.5, 0.6) is 0 Å². The average Bonchev–Trinajstić information content (AvgIpc) is 3.16. The highest BCUT2D eigenvalue weighted by Crippen LogP contribution is 2.42. The largest absolute Gasteiger partial charge is 0.326 e. The Morgan fingerprint density at radius 1 is 1.27 bits per heavy atom. The summed E-state index contributed by atoms with van der Waals surface area (Å²) in [4.78, 5) is 14.6. The van der Waals surface area contributed by atoms with E-state index in [2.05, 4.69) is 0 Å². The van der Waals surface area contributed by atoms with Gasteiger partial charge in [0.05, 0.1) is 0 Å². The second-order valence-corrected chi connectivity index (χ2v) is 8.20. The lowest BCUT2D eigenvalue weighted by atomic mass is 10.0. The lowest BCUT2D eigenvalue weighted by Gasteiger charge is -2.25. The van der Waals surface area contributed by atoms with E-state index in [9.17, 15) is 4.79 Å². The molecule has 1 unspecified atom stereocenters. The van der Waals surface area contributed by atoms with Crippen molar-refractivity contribution in [1.82, 2.24) is 4.90 Å². The molecule has 1 aromatic carbocycles. The molecule has 120 valence electrons. The number of halogens is 2. The number of hydrogen-bond acceptors (Lipinski definition) is 2. The zero-order chi connectivity index (χ0) is 15.5. The molecule has 0 radical (unpaired) electrons. The lowest BCUT2D eigenvalue weighted by molar-refractivity contribution is -0.131. The summed E-state index contributed by atoms with van der Waals surface area (Å²) in [5, 5.41) is 1.33. The third-order valence-corrected chi connectivity index (χ3v) is 6.49. The van der Waals surface area contributed by atoms with E-state index in [4.69, 9.17) is 23.2 Å². The molecule has 0 aromatic heterocycles. The first kappa shape index (κ1) is 16.5. The van der Waals surface area contributed by atoms with Crippen molar-refractivity contribution < 1.29 is 4.79 Å². The zero-order valence-corrected chi connectivity index (χ0v) is 14.9. The van der Waals surface area contributed by atoms with Gasteiger partial charge in [-0.2, -0.15) is 0 Å². The Labute approximate surface area is 146 Å². The van der Waals surface area contributed by atoms with Crippen molar-refractivity contribution in [2.24, 2.45) is 5.92 Å². The van der Waals surface area contributed by atoms with E-state index < -0.39 is 0 Å². The highest BCUT2D eigenvalue weighted by molar-refractivity contribution is 7.99. The molecule has 1 amide bonds. The van der Waals surface area contributed by atoms with Gasteiger partial charge in [-0.25, -0.2) is 0 Å². The van der Waals surface area contributed by atoms with Gasteiger partial charge in [0.1, 0.15) is 5.37 Å². The topological polar surface area (TPSA) is 20.3 Å². The van der Waals surface area contributed by atoms with Gasteiger partial charge in [0, 0.05) is 34.3 Å². The van der Waals surface area contributed by atoms with Gasteiger partial charge < -0.3 is 4.90 Å². The highest BCUT2D eigenvalue weighted by Gasteiger charge is 2.32. The van der Waals surface area contributed by atoms with Crippen LogP contribution >= 0.6 is 35.0 Å². The molecule has 5 heteroatoms. The third-order valence-electron chi connectivity index (χ3n) is 4.68. The summed E-state index contributed by atoms with van der Waals surface area (Å²) in [5.41, 5.74) is 1.00. The van der Waals surface area contributed by atoms with E-state index in [1.54, 1.807) is 17.8 Å². The number of rotatable bonds is 4. The van der Waals surface area contributed by atoms with E-state index >= 15 is 0 Å². The van der Waals surface area contributed by atoms with Crippen LogP contribution in [-0.4, -0.2) is 23.1 Å². The fraction of sp³-hybridized carbons (Fsp3) is 0.588. The SMILES string of the molecule is O=C(CCC1CCCC1)N1CCSC1c1ccc(Cl)cc1Cl. The Bertz CT molecular complexity index is 545. The third kappa shape index (κ3) is 3.74. The molecule has 2 aliphatic rings. The fourth-order valence-corrected chi connectivity index (χ4v) is 5.35. The predicted molar refractivity (Wildman–Crippen MR) is 94.6 cm³/mol. The van der Waals surface area contributed by atoms with Crippen LogP contribution in [0.3, 0.4) is 0 Å². The normalized spacial score (nSPS) is 22.5. The number of benzene rings is 1. The summed E-state index contributed by atoms with van der Waals surface area (Å²) in [6.45, 7) is 0.817. The molecule has 1 aliphatic carbocycles. The molecule has 0 spiro atoms. The molecule has 1 aromatic rings. The number of carbonyl (C=O) groups is 1. The van der Waals surface area contributed by atoms with Gasteiger partial charge in [-0.15, -0.1) is 11.8 Å². The van der Waals surface area contributed by atoms with Gasteiger partial charge in [-0.05, 0) is 24.5 Å². The molecule has 1 atom stereocenters. The maximum Gasteiger partial charge on any atom is 0.223 e. The van der Waals surface area contributed by atoms with Crippen LogP contribution < -0.4 is 0 Å². The van der Waals surface area contributed by atoms with Crippen molar-refractivity contribution in [3.05, 3.63) is 33.8 Å². The number of nitrogens with zero attached hydrogens (tertiary/aromatic N) is 1. The van der Waals surface area contributed by atoms with Crippen LogP contribution in [0.25, 0.3) is 0 Å². The van der Waals surface area contributed by atoms with Gasteiger partial charge in [0.25, 0.3) is 0 Å². The van der Waals surface area contributed by atoms with Crippen LogP contribution in [0.2, 0.25) is 10.0 Å². The molecule has 1 aliphatic heterocycles. The standard InChI is InChI=1S/C17H21Cl2NOS/c18-13-6-7-14(15(19)11-13)17-20(9-10-22-17)16(21)8-5-12-3-1-2-4-12/h6-7,11-12,17H,1-5,8-10H2. The number of amides is 1. The van der Waals surface area contributed by atoms with Crippen molar-refractivity contribution >= 4 is 40.9 Å². The lowest BCUT2D eigenvalue weighted by Crippen LogP contribution is -2.30. The summed E-state index contributed by atoms with van der Waals surface area (Å²) >= 11 is 14.1. The second-order valence-electron chi connectivity index (χ2n) is 6.17. The van der Waals surface area contributed by atoms with Crippen LogP contribution in [0, 0.1) is 5.92 Å². The molecular weight excluding hydrogens is 337 g/mol. The van der Waals surface area contributed by atoms with Crippen LogP contribution in [0.4, 0.5) is 0 Å². The Morgan fingerprint density at radius 2 is 2.05 bits per heavy atom. The highest BCUT2D eigenvalue weighted by atomic mass is 35.5. The Balaban J connectivity index is 1.65. The summed E-state index contributed by atoms with van der Waals surface area (Å²) in [7, 11) is 0. The van der Waals surface area contributed by atoms with Crippen molar-refractivity contribution in [1.29, 1.82) is 0 Å². The minimum Gasteiger partial charge on any atom is -0.326 e. The van der Waals surface area contributed by atoms with E-state index in [-0.39, 0.29) is 11.3 Å². The van der Waals surface area contributed by atoms with Crippen LogP contribution in [-0.2, 0) is 4.79 Å². The maximum absolute atomic E-state index is 12.6. The summed E-state index contributed by atoms with van der Waals surface area (Å²) < 4.78 is 0. The molecule has 0 N–H and O–H groups in total. The molecule has 1 saturated heterocycles. The molecule has 0 bridgehead atoms. The van der Waals surface area contributed by atoms with Crippen molar-refractivity contribution in [2.45, 2.75) is 43.9 Å². The zero-order valence-electron chi connectivity index (χ0n) is 12.6. The maximum atomic E-state index is 12.6. The number of thioether (sulfide) groups is 1. The first-order valence-corrected chi connectivity index (χ1v) is 9.81. The molecule has 2 fully saturated rings. The minimum atomic E-state index is 0.0424. The Morgan fingerprint density at radius 3 is 2.77 bits per heavy atom. The average molecular weight is 358 g/mol. The van der Waals surface area contributed by atoms with E-state index in [0.717, 1.165) is 30.2 Å². The molecule has 3 rings (SSSR count). The van der Waals surface area contributed by atoms with Gasteiger partial charge >= 0.3 is 0 Å². The molecule has 1 heterocycles. The van der Waals surface area contributed by atoms with Crippen molar-refractivity contribution in [3.63, 3.8) is 0 Å². The Hall–Kier alpha value is -0.380.